The minimum Gasteiger partial charge on any atom is -0.342 e. The van der Waals surface area contributed by atoms with Crippen molar-refractivity contribution in [3.63, 3.8) is 0 Å². The van der Waals surface area contributed by atoms with E-state index in [1.54, 1.807) is 20.0 Å². The zero-order valence-electron chi connectivity index (χ0n) is 14.3. The Balaban J connectivity index is 2.10. The molecule has 0 radical (unpaired) electrons. The number of nitrogens with zero attached hydrogens (tertiary/aromatic N) is 4. The van der Waals surface area contributed by atoms with E-state index in [1.165, 1.54) is 16.7 Å². The van der Waals surface area contributed by atoms with Crippen molar-refractivity contribution < 1.29 is 4.39 Å². The minimum absolute atomic E-state index is 0.0459. The van der Waals surface area contributed by atoms with Crippen LogP contribution in [0.3, 0.4) is 0 Å². The van der Waals surface area contributed by atoms with Gasteiger partial charge in [0.15, 0.2) is 0 Å². The lowest BCUT2D eigenvalue weighted by Gasteiger charge is -2.32. The number of hydrogen-bond acceptors (Lipinski definition) is 4. The molecule has 6 nitrogen and oxygen atoms in total. The van der Waals surface area contributed by atoms with Crippen molar-refractivity contribution in [1.82, 2.24) is 9.55 Å². The quantitative estimate of drug-likeness (QED) is 0.852. The predicted molar refractivity (Wildman–Crippen MR) is 95.3 cm³/mol. The molecular weight excluding hydrogens is 321 g/mol. The third kappa shape index (κ3) is 3.13. The lowest BCUT2D eigenvalue weighted by molar-refractivity contribution is 0.490. The fraction of sp³-hybridized carbons (Fsp3) is 0.389. The first-order valence-corrected chi connectivity index (χ1v) is 8.18. The highest BCUT2D eigenvalue weighted by molar-refractivity contribution is 5.67. The lowest BCUT2D eigenvalue weighted by atomic mass is 10.1. The fourth-order valence-electron chi connectivity index (χ4n) is 3.11. The summed E-state index contributed by atoms with van der Waals surface area (Å²) in [5, 5.41) is 0. The first-order valence-electron chi connectivity index (χ1n) is 8.18. The van der Waals surface area contributed by atoms with Crippen LogP contribution in [0.15, 0.2) is 23.0 Å². The van der Waals surface area contributed by atoms with Crippen LogP contribution >= 0.6 is 0 Å². The van der Waals surface area contributed by atoms with E-state index in [-0.39, 0.29) is 17.3 Å². The Kier molecular flexibility index (Phi) is 4.55. The highest BCUT2D eigenvalue weighted by Gasteiger charge is 2.22. The second-order valence-electron chi connectivity index (χ2n) is 6.35. The maximum Gasteiger partial charge on any atom is 0.258 e. The van der Waals surface area contributed by atoms with E-state index in [0.717, 1.165) is 25.9 Å². The zero-order chi connectivity index (χ0) is 18.1. The van der Waals surface area contributed by atoms with Gasteiger partial charge in [-0.15, -0.1) is 0 Å². The molecule has 2 N–H and O–H groups in total. The number of nitrogens with two attached hydrogens (primary N) is 1. The summed E-state index contributed by atoms with van der Waals surface area (Å²) in [6.07, 6.45) is 1.68. The van der Waals surface area contributed by atoms with Crippen LogP contribution in [0, 0.1) is 19.3 Å². The highest BCUT2D eigenvalue weighted by Crippen LogP contribution is 2.27. The van der Waals surface area contributed by atoms with E-state index in [1.807, 2.05) is 4.90 Å². The van der Waals surface area contributed by atoms with Gasteiger partial charge in [0.1, 0.15) is 5.82 Å². The normalized spacial score (nSPS) is 15.2. The van der Waals surface area contributed by atoms with Gasteiger partial charge in [0, 0.05) is 37.3 Å². The van der Waals surface area contributed by atoms with Crippen LogP contribution in [0.5, 0.6) is 0 Å². The maximum absolute atomic E-state index is 14.0. The van der Waals surface area contributed by atoms with Crippen molar-refractivity contribution in [2.24, 2.45) is 12.8 Å². The molecule has 7 heteroatoms. The van der Waals surface area contributed by atoms with Crippen molar-refractivity contribution >= 4 is 11.6 Å². The molecule has 2 heterocycles. The molecule has 1 saturated heterocycles. The van der Waals surface area contributed by atoms with Crippen LogP contribution in [0.4, 0.5) is 16.0 Å². The van der Waals surface area contributed by atoms with E-state index in [2.05, 4.69) is 9.83 Å². The van der Waals surface area contributed by atoms with Gasteiger partial charge in [-0.25, -0.2) is 14.2 Å². The summed E-state index contributed by atoms with van der Waals surface area (Å²) in [5.41, 5.74) is 7.14. The van der Waals surface area contributed by atoms with Crippen LogP contribution in [0.1, 0.15) is 18.4 Å². The van der Waals surface area contributed by atoms with Crippen LogP contribution in [0.2, 0.25) is 0 Å². The number of halogens is 1. The maximum atomic E-state index is 14.0. The number of aromatic nitrogens is 2. The molecule has 0 unspecified atom stereocenters. The Morgan fingerprint density at radius 1 is 1.36 bits per heavy atom. The monoisotopic (exact) mass is 341 g/mol. The Bertz CT molecular complexity index is 907. The van der Waals surface area contributed by atoms with E-state index in [0.29, 0.717) is 22.8 Å². The molecule has 0 bridgehead atoms. The van der Waals surface area contributed by atoms with Crippen LogP contribution < -0.4 is 16.2 Å². The van der Waals surface area contributed by atoms with Crippen molar-refractivity contribution in [2.45, 2.75) is 25.8 Å². The van der Waals surface area contributed by atoms with Crippen molar-refractivity contribution in [3.8, 4) is 11.3 Å². The van der Waals surface area contributed by atoms with Crippen molar-refractivity contribution in [1.29, 1.82) is 0 Å². The third-order valence-corrected chi connectivity index (χ3v) is 4.66. The molecule has 1 aliphatic heterocycles. The van der Waals surface area contributed by atoms with Crippen LogP contribution in [0.25, 0.3) is 16.1 Å². The molecule has 3 rings (SSSR count). The molecule has 0 aliphatic carbocycles. The molecular formula is C18H20FN5O. The highest BCUT2D eigenvalue weighted by atomic mass is 19.1. The first-order chi connectivity index (χ1) is 11.9. The summed E-state index contributed by atoms with van der Waals surface area (Å²) in [5.74, 6) is -0.0490. The van der Waals surface area contributed by atoms with E-state index in [9.17, 15) is 9.18 Å². The molecule has 1 fully saturated rings. The fourth-order valence-corrected chi connectivity index (χ4v) is 3.11. The Hall–Kier alpha value is -2.72. The van der Waals surface area contributed by atoms with Gasteiger partial charge in [0.25, 0.3) is 5.56 Å². The molecule has 130 valence electrons. The summed E-state index contributed by atoms with van der Waals surface area (Å²) in [7, 11) is 1.69. The van der Waals surface area contributed by atoms with E-state index < -0.39 is 5.82 Å². The SMILES string of the molecule is [C-]#[N+]c1ccc(-c2nc(N3CCC(N)CC3)n(C)c(=O)c2C)cc1F. The van der Waals surface area contributed by atoms with Gasteiger partial charge in [0.2, 0.25) is 11.6 Å². The Labute approximate surface area is 145 Å². The molecule has 1 aromatic carbocycles. The average Bonchev–Trinajstić information content (AvgIpc) is 2.61. The topological polar surface area (TPSA) is 68.5 Å². The van der Waals surface area contributed by atoms with Crippen LogP contribution in [-0.2, 0) is 7.05 Å². The average molecular weight is 341 g/mol. The molecule has 1 aliphatic rings. The standard InChI is InChI=1S/C18H20FN5O/c1-11-16(12-4-5-15(21-2)14(19)10-12)22-18(23(3)17(11)25)24-8-6-13(20)7-9-24/h4-5,10,13H,6-9,20H2,1,3H3. The van der Waals surface area contributed by atoms with Gasteiger partial charge < -0.3 is 10.6 Å². The second-order valence-corrected chi connectivity index (χ2v) is 6.35. The zero-order valence-corrected chi connectivity index (χ0v) is 14.3. The Morgan fingerprint density at radius 3 is 2.64 bits per heavy atom. The van der Waals surface area contributed by atoms with Gasteiger partial charge in [-0.1, -0.05) is 12.1 Å². The Morgan fingerprint density at radius 2 is 2.04 bits per heavy atom. The molecule has 2 aromatic rings. The number of rotatable bonds is 2. The number of piperidine rings is 1. The summed E-state index contributed by atoms with van der Waals surface area (Å²) in [6, 6.07) is 4.48. The number of benzene rings is 1. The van der Waals surface area contributed by atoms with Crippen molar-refractivity contribution in [3.05, 3.63) is 51.4 Å². The lowest BCUT2D eigenvalue weighted by Crippen LogP contribution is -2.42. The molecule has 0 atom stereocenters. The summed E-state index contributed by atoms with van der Waals surface area (Å²) < 4.78 is 15.5. The minimum atomic E-state index is -0.611. The van der Waals surface area contributed by atoms with Gasteiger partial charge in [0.05, 0.1) is 12.3 Å². The summed E-state index contributed by atoms with van der Waals surface area (Å²) in [6.45, 7) is 10.1. The van der Waals surface area contributed by atoms with E-state index >= 15 is 0 Å². The van der Waals surface area contributed by atoms with Gasteiger partial charge >= 0.3 is 0 Å². The van der Waals surface area contributed by atoms with E-state index in [4.69, 9.17) is 12.3 Å². The molecule has 0 amide bonds. The summed E-state index contributed by atoms with van der Waals surface area (Å²) in [4.78, 5) is 22.4. The predicted octanol–water partition coefficient (Wildman–Crippen LogP) is 2.37. The first kappa shape index (κ1) is 17.1. The second kappa shape index (κ2) is 6.65. The number of anilines is 1. The van der Waals surface area contributed by atoms with Gasteiger partial charge in [-0.2, -0.15) is 0 Å². The smallest absolute Gasteiger partial charge is 0.258 e. The largest absolute Gasteiger partial charge is 0.342 e. The van der Waals surface area contributed by atoms with Gasteiger partial charge in [-0.05, 0) is 25.8 Å². The third-order valence-electron chi connectivity index (χ3n) is 4.66. The van der Waals surface area contributed by atoms with Crippen molar-refractivity contribution in [2.75, 3.05) is 18.0 Å². The number of hydrogen-bond donors (Lipinski definition) is 1. The van der Waals surface area contributed by atoms with Crippen LogP contribution in [-0.4, -0.2) is 28.7 Å². The summed E-state index contributed by atoms with van der Waals surface area (Å²) >= 11 is 0. The molecule has 0 saturated carbocycles. The molecule has 25 heavy (non-hydrogen) atoms. The molecule has 1 aromatic heterocycles. The molecule has 0 spiro atoms. The van der Waals surface area contributed by atoms with Gasteiger partial charge in [-0.3, -0.25) is 9.36 Å².